The van der Waals surface area contributed by atoms with Gasteiger partial charge in [-0.05, 0) is 29.7 Å². The molecule has 0 aliphatic carbocycles. The van der Waals surface area contributed by atoms with Crippen LogP contribution < -0.4 is 5.32 Å². The molecule has 2 heterocycles. The lowest BCUT2D eigenvalue weighted by Crippen LogP contribution is -2.05. The summed E-state index contributed by atoms with van der Waals surface area (Å²) >= 11 is 7.59. The Balaban J connectivity index is 1.91. The monoisotopic (exact) mass is 291 g/mol. The van der Waals surface area contributed by atoms with Gasteiger partial charge in [-0.15, -0.1) is 5.10 Å². The third-order valence-electron chi connectivity index (χ3n) is 2.59. The smallest absolute Gasteiger partial charge is 0.106 e. The summed E-state index contributed by atoms with van der Waals surface area (Å²) < 4.78 is 5.57. The van der Waals surface area contributed by atoms with Gasteiger partial charge in [0.2, 0.25) is 0 Å². The third-order valence-corrected chi connectivity index (χ3v) is 3.44. The molecule has 0 atom stereocenters. The van der Waals surface area contributed by atoms with Crippen LogP contribution in [-0.4, -0.2) is 19.4 Å². The zero-order valence-corrected chi connectivity index (χ0v) is 11.4. The molecule has 0 radical (unpaired) electrons. The van der Waals surface area contributed by atoms with E-state index >= 15 is 0 Å². The number of nitrogens with zero attached hydrogens (tertiary/aromatic N) is 4. The van der Waals surface area contributed by atoms with E-state index in [2.05, 4.69) is 20.0 Å². The molecular weight excluding hydrogens is 282 g/mol. The van der Waals surface area contributed by atoms with Gasteiger partial charge >= 0.3 is 0 Å². The van der Waals surface area contributed by atoms with Crippen molar-refractivity contribution in [1.29, 1.82) is 0 Å². The summed E-state index contributed by atoms with van der Waals surface area (Å²) in [6.45, 7) is 0.602. The van der Waals surface area contributed by atoms with E-state index in [9.17, 15) is 0 Å². The Morgan fingerprint density at radius 2 is 2.26 bits per heavy atom. The highest BCUT2D eigenvalue weighted by molar-refractivity contribution is 7.03. The second-order valence-corrected chi connectivity index (χ2v) is 4.85. The van der Waals surface area contributed by atoms with Gasteiger partial charge in [0.15, 0.2) is 0 Å². The number of hydrogen-bond donors (Lipinski definition) is 1. The number of halogens is 1. The molecule has 0 saturated carbocycles. The van der Waals surface area contributed by atoms with Crippen molar-refractivity contribution in [2.45, 2.75) is 6.54 Å². The van der Waals surface area contributed by atoms with E-state index in [-0.39, 0.29) is 0 Å². The van der Waals surface area contributed by atoms with Crippen LogP contribution in [-0.2, 0) is 6.54 Å². The highest BCUT2D eigenvalue weighted by atomic mass is 35.5. The summed E-state index contributed by atoms with van der Waals surface area (Å²) in [6.07, 6.45) is 3.58. The van der Waals surface area contributed by atoms with E-state index in [1.807, 2.05) is 35.8 Å². The fraction of sp³-hybridized carbons (Fsp3) is 0.0833. The molecular formula is C12H10ClN5S. The molecule has 7 heteroatoms. The van der Waals surface area contributed by atoms with Crippen molar-refractivity contribution in [2.24, 2.45) is 0 Å². The Morgan fingerprint density at radius 1 is 1.32 bits per heavy atom. The van der Waals surface area contributed by atoms with Gasteiger partial charge in [-0.25, -0.2) is 4.68 Å². The number of nitrogens with one attached hydrogen (secondary N) is 1. The number of hydrogen-bond acceptors (Lipinski definition) is 5. The molecule has 0 spiro atoms. The fourth-order valence-corrected chi connectivity index (χ4v) is 2.45. The molecule has 19 heavy (non-hydrogen) atoms. The molecule has 1 aromatic carbocycles. The molecule has 1 N–H and O–H groups in total. The van der Waals surface area contributed by atoms with Gasteiger partial charge in [0.05, 0.1) is 22.9 Å². The number of para-hydroxylation sites is 1. The minimum absolute atomic E-state index is 0.602. The molecule has 0 aliphatic rings. The van der Waals surface area contributed by atoms with Crippen LogP contribution in [0.4, 0.5) is 5.69 Å². The minimum Gasteiger partial charge on any atom is -0.377 e. The first-order valence-corrected chi connectivity index (χ1v) is 6.84. The van der Waals surface area contributed by atoms with Crippen molar-refractivity contribution in [3.05, 3.63) is 52.8 Å². The first-order chi connectivity index (χ1) is 9.34. The predicted octanol–water partition coefficient (Wildman–Crippen LogP) is 2.99. The summed E-state index contributed by atoms with van der Waals surface area (Å²) in [7, 11) is 0. The van der Waals surface area contributed by atoms with E-state index in [0.29, 0.717) is 11.6 Å². The summed E-state index contributed by atoms with van der Waals surface area (Å²) in [6, 6.07) is 7.56. The van der Waals surface area contributed by atoms with E-state index in [0.717, 1.165) is 17.1 Å². The third kappa shape index (κ3) is 2.59. The van der Waals surface area contributed by atoms with E-state index in [4.69, 9.17) is 11.6 Å². The van der Waals surface area contributed by atoms with Crippen LogP contribution >= 0.6 is 23.1 Å². The second-order valence-electron chi connectivity index (χ2n) is 3.84. The summed E-state index contributed by atoms with van der Waals surface area (Å²) in [5, 5.41) is 14.1. The van der Waals surface area contributed by atoms with Crippen molar-refractivity contribution in [3.63, 3.8) is 0 Å². The highest BCUT2D eigenvalue weighted by Crippen LogP contribution is 2.28. The number of anilines is 1. The quantitative estimate of drug-likeness (QED) is 0.803. The average molecular weight is 292 g/mol. The maximum atomic E-state index is 6.25. The first-order valence-electron chi connectivity index (χ1n) is 5.63. The first kappa shape index (κ1) is 12.1. The van der Waals surface area contributed by atoms with Crippen LogP contribution in [0.3, 0.4) is 0 Å². The Kier molecular flexibility index (Phi) is 3.43. The molecule has 0 unspecified atom stereocenters. The molecule has 96 valence electrons. The predicted molar refractivity (Wildman–Crippen MR) is 75.8 cm³/mol. The van der Waals surface area contributed by atoms with Crippen LogP contribution in [0, 0.1) is 0 Å². The van der Waals surface area contributed by atoms with Crippen LogP contribution in [0.15, 0.2) is 42.0 Å². The van der Waals surface area contributed by atoms with Gasteiger partial charge in [0, 0.05) is 17.8 Å². The largest absolute Gasteiger partial charge is 0.377 e. The van der Waals surface area contributed by atoms with Crippen LogP contribution in [0.2, 0.25) is 5.02 Å². The zero-order chi connectivity index (χ0) is 13.1. The molecule has 0 bridgehead atoms. The topological polar surface area (TPSA) is 55.6 Å². The van der Waals surface area contributed by atoms with Crippen molar-refractivity contribution < 1.29 is 0 Å². The van der Waals surface area contributed by atoms with Crippen LogP contribution in [0.25, 0.3) is 5.69 Å². The van der Waals surface area contributed by atoms with E-state index in [1.165, 1.54) is 11.5 Å². The lowest BCUT2D eigenvalue weighted by molar-refractivity contribution is 0.878. The maximum Gasteiger partial charge on any atom is 0.106 e. The average Bonchev–Trinajstić information content (AvgIpc) is 3.09. The number of aromatic nitrogens is 4. The highest BCUT2D eigenvalue weighted by Gasteiger charge is 2.09. The van der Waals surface area contributed by atoms with Gasteiger partial charge in [-0.3, -0.25) is 0 Å². The summed E-state index contributed by atoms with van der Waals surface area (Å²) in [5.41, 5.74) is 2.64. The van der Waals surface area contributed by atoms with E-state index in [1.54, 1.807) is 10.9 Å². The molecule has 5 nitrogen and oxygen atoms in total. The Morgan fingerprint density at radius 3 is 3.00 bits per heavy atom. The molecule has 2 aromatic heterocycles. The molecule has 0 fully saturated rings. The lowest BCUT2D eigenvalue weighted by Gasteiger charge is -2.12. The van der Waals surface area contributed by atoms with Crippen molar-refractivity contribution in [1.82, 2.24) is 19.4 Å². The molecule has 3 rings (SSSR count). The minimum atomic E-state index is 0.602. The summed E-state index contributed by atoms with van der Waals surface area (Å²) in [4.78, 5) is 0. The Labute approximate surface area is 119 Å². The second kappa shape index (κ2) is 5.38. The van der Waals surface area contributed by atoms with Gasteiger partial charge in [-0.1, -0.05) is 22.2 Å². The zero-order valence-electron chi connectivity index (χ0n) is 9.82. The maximum absolute atomic E-state index is 6.25. The van der Waals surface area contributed by atoms with Crippen molar-refractivity contribution >= 4 is 28.8 Å². The van der Waals surface area contributed by atoms with Gasteiger partial charge in [0.25, 0.3) is 0 Å². The normalized spacial score (nSPS) is 10.6. The lowest BCUT2D eigenvalue weighted by atomic mass is 10.2. The molecule has 3 aromatic rings. The van der Waals surface area contributed by atoms with Crippen LogP contribution in [0.1, 0.15) is 5.69 Å². The van der Waals surface area contributed by atoms with Crippen LogP contribution in [0.5, 0.6) is 0 Å². The molecule has 0 saturated heterocycles. The molecule has 0 amide bonds. The van der Waals surface area contributed by atoms with Gasteiger partial charge in [-0.2, -0.15) is 5.10 Å². The van der Waals surface area contributed by atoms with E-state index < -0.39 is 0 Å². The number of benzene rings is 1. The van der Waals surface area contributed by atoms with Crippen molar-refractivity contribution in [3.8, 4) is 5.69 Å². The Bertz CT molecular complexity index is 651. The SMILES string of the molecule is Clc1cccc(NCc2csnn2)c1-n1cccn1. The van der Waals surface area contributed by atoms with Crippen molar-refractivity contribution in [2.75, 3.05) is 5.32 Å². The number of rotatable bonds is 4. The summed E-state index contributed by atoms with van der Waals surface area (Å²) in [5.74, 6) is 0. The Hall–Kier alpha value is -1.92. The fourth-order valence-electron chi connectivity index (χ4n) is 1.74. The standard InChI is InChI=1S/C12H10ClN5S/c13-10-3-1-4-11(12(10)18-6-2-5-15-18)14-7-9-8-19-17-16-9/h1-6,8,14H,7H2. The van der Waals surface area contributed by atoms with Gasteiger partial charge in [0.1, 0.15) is 5.69 Å². The molecule has 0 aliphatic heterocycles. The van der Waals surface area contributed by atoms with Gasteiger partial charge < -0.3 is 5.32 Å².